The molecule has 0 saturated heterocycles. The molecule has 0 amide bonds. The fourth-order valence-electron chi connectivity index (χ4n) is 2.85. The third-order valence-corrected chi connectivity index (χ3v) is 5.02. The third-order valence-electron chi connectivity index (χ3n) is 4.11. The predicted molar refractivity (Wildman–Crippen MR) is 90.0 cm³/mol. The van der Waals surface area contributed by atoms with E-state index in [0.29, 0.717) is 17.0 Å². The summed E-state index contributed by atoms with van der Waals surface area (Å²) in [5, 5.41) is 12.5. The van der Waals surface area contributed by atoms with Crippen LogP contribution in [-0.2, 0) is 5.54 Å². The second-order valence-electron chi connectivity index (χ2n) is 7.14. The Morgan fingerprint density at radius 3 is 2.65 bits per heavy atom. The van der Waals surface area contributed by atoms with E-state index in [-0.39, 0.29) is 11.3 Å². The predicted octanol–water partition coefficient (Wildman–Crippen LogP) is 3.16. The molecule has 1 aliphatic rings. The highest BCUT2D eigenvalue weighted by atomic mass is 32.2. The average molecular weight is 333 g/mol. The van der Waals surface area contributed by atoms with Crippen molar-refractivity contribution in [2.24, 2.45) is 0 Å². The monoisotopic (exact) mass is 333 g/mol. The molecule has 6 nitrogen and oxygen atoms in total. The number of rotatable bonds is 5. The summed E-state index contributed by atoms with van der Waals surface area (Å²) in [5.74, 6) is 0.490. The molecule has 0 unspecified atom stereocenters. The lowest BCUT2D eigenvalue weighted by Crippen LogP contribution is -2.24. The van der Waals surface area contributed by atoms with Crippen molar-refractivity contribution < 1.29 is 4.79 Å². The number of tetrazole rings is 1. The number of aryl methyl sites for hydroxylation is 1. The first-order valence-electron chi connectivity index (χ1n) is 7.92. The van der Waals surface area contributed by atoms with Crippen LogP contribution in [0.4, 0.5) is 0 Å². The molecule has 0 aromatic carbocycles. The lowest BCUT2D eigenvalue weighted by Gasteiger charge is -2.19. The lowest BCUT2D eigenvalue weighted by atomic mass is 10.1. The van der Waals surface area contributed by atoms with Crippen LogP contribution in [0, 0.1) is 13.8 Å². The van der Waals surface area contributed by atoms with Gasteiger partial charge in [-0.15, -0.1) is 5.10 Å². The molecule has 23 heavy (non-hydrogen) atoms. The van der Waals surface area contributed by atoms with Crippen molar-refractivity contribution in [2.45, 2.75) is 64.2 Å². The molecule has 1 saturated carbocycles. The summed E-state index contributed by atoms with van der Waals surface area (Å²) in [6, 6.07) is 2.61. The number of thioether (sulfide) groups is 1. The van der Waals surface area contributed by atoms with Gasteiger partial charge in [-0.05, 0) is 64.0 Å². The molecule has 0 bridgehead atoms. The van der Waals surface area contributed by atoms with Crippen molar-refractivity contribution in [1.82, 2.24) is 24.8 Å². The SMILES string of the molecule is Cc1cc(C(=O)CSc2nnnn2C(C)(C)C)c(C)n1C1CC1. The Bertz CT molecular complexity index is 736. The van der Waals surface area contributed by atoms with Gasteiger partial charge in [0.2, 0.25) is 5.16 Å². The minimum Gasteiger partial charge on any atom is -0.345 e. The van der Waals surface area contributed by atoms with Crippen LogP contribution >= 0.6 is 11.8 Å². The van der Waals surface area contributed by atoms with Crippen molar-refractivity contribution >= 4 is 17.5 Å². The maximum atomic E-state index is 12.6. The van der Waals surface area contributed by atoms with Crippen LogP contribution in [0.3, 0.4) is 0 Å². The van der Waals surface area contributed by atoms with Crippen LogP contribution in [0.25, 0.3) is 0 Å². The maximum Gasteiger partial charge on any atom is 0.210 e. The molecule has 1 aliphatic carbocycles. The zero-order valence-electron chi connectivity index (χ0n) is 14.3. The van der Waals surface area contributed by atoms with Gasteiger partial charge in [-0.25, -0.2) is 4.68 Å². The summed E-state index contributed by atoms with van der Waals surface area (Å²) < 4.78 is 4.07. The van der Waals surface area contributed by atoms with Gasteiger partial charge in [0.1, 0.15) is 0 Å². The Morgan fingerprint density at radius 1 is 1.35 bits per heavy atom. The van der Waals surface area contributed by atoms with Crippen LogP contribution in [0.15, 0.2) is 11.2 Å². The number of ketones is 1. The normalized spacial score (nSPS) is 15.2. The molecule has 1 fully saturated rings. The third kappa shape index (κ3) is 3.20. The van der Waals surface area contributed by atoms with Gasteiger partial charge in [0.15, 0.2) is 5.78 Å². The molecule has 2 aromatic rings. The van der Waals surface area contributed by atoms with E-state index in [0.717, 1.165) is 11.3 Å². The van der Waals surface area contributed by atoms with Gasteiger partial charge in [0.05, 0.1) is 11.3 Å². The summed E-state index contributed by atoms with van der Waals surface area (Å²) in [6.07, 6.45) is 2.44. The summed E-state index contributed by atoms with van der Waals surface area (Å²) in [5.41, 5.74) is 2.90. The minimum atomic E-state index is -0.198. The Balaban J connectivity index is 1.74. The summed E-state index contributed by atoms with van der Waals surface area (Å²) in [7, 11) is 0. The fraction of sp³-hybridized carbons (Fsp3) is 0.625. The first kappa shape index (κ1) is 16.2. The van der Waals surface area contributed by atoms with Crippen molar-refractivity contribution in [2.75, 3.05) is 5.75 Å². The maximum absolute atomic E-state index is 12.6. The number of carbonyl (C=O) groups is 1. The van der Waals surface area contributed by atoms with Crippen molar-refractivity contribution in [3.63, 3.8) is 0 Å². The number of hydrogen-bond acceptors (Lipinski definition) is 5. The zero-order chi connectivity index (χ0) is 16.8. The van der Waals surface area contributed by atoms with Gasteiger partial charge in [-0.2, -0.15) is 0 Å². The van der Waals surface area contributed by atoms with Crippen LogP contribution in [0.2, 0.25) is 0 Å². The highest BCUT2D eigenvalue weighted by Gasteiger charge is 2.28. The number of Topliss-reactive ketones (excluding diaryl/α,β-unsaturated/α-hetero) is 1. The average Bonchev–Trinajstić information content (AvgIpc) is 3.08. The van der Waals surface area contributed by atoms with E-state index in [2.05, 4.69) is 27.0 Å². The van der Waals surface area contributed by atoms with Crippen molar-refractivity contribution in [3.8, 4) is 0 Å². The summed E-state index contributed by atoms with van der Waals surface area (Å²) >= 11 is 1.40. The number of aromatic nitrogens is 5. The second kappa shape index (κ2) is 5.78. The van der Waals surface area contributed by atoms with Gasteiger partial charge < -0.3 is 4.57 Å². The van der Waals surface area contributed by atoms with Gasteiger partial charge >= 0.3 is 0 Å². The molecule has 0 N–H and O–H groups in total. The van der Waals surface area contributed by atoms with E-state index in [4.69, 9.17) is 0 Å². The summed E-state index contributed by atoms with van der Waals surface area (Å²) in [4.78, 5) is 12.6. The quantitative estimate of drug-likeness (QED) is 0.621. The molecule has 0 aliphatic heterocycles. The Kier molecular flexibility index (Phi) is 4.08. The highest BCUT2D eigenvalue weighted by molar-refractivity contribution is 7.99. The van der Waals surface area contributed by atoms with Gasteiger partial charge in [0.25, 0.3) is 0 Å². The number of carbonyl (C=O) groups excluding carboxylic acids is 1. The second-order valence-corrected chi connectivity index (χ2v) is 8.08. The highest BCUT2D eigenvalue weighted by Crippen LogP contribution is 2.38. The van der Waals surface area contributed by atoms with Crippen LogP contribution in [0.5, 0.6) is 0 Å². The Morgan fingerprint density at radius 2 is 2.04 bits per heavy atom. The molecule has 124 valence electrons. The number of nitrogens with zero attached hydrogens (tertiary/aromatic N) is 5. The van der Waals surface area contributed by atoms with E-state index in [1.54, 1.807) is 4.68 Å². The van der Waals surface area contributed by atoms with Gasteiger partial charge in [-0.1, -0.05) is 11.8 Å². The molecular weight excluding hydrogens is 310 g/mol. The smallest absolute Gasteiger partial charge is 0.210 e. The first-order valence-corrected chi connectivity index (χ1v) is 8.91. The van der Waals surface area contributed by atoms with Crippen molar-refractivity contribution in [1.29, 1.82) is 0 Å². The Labute approximate surface area is 140 Å². The Hall–Kier alpha value is -1.63. The standard InChI is InChI=1S/C16H23N5OS/c1-10-8-13(11(2)20(10)12-6-7-12)14(22)9-23-15-17-18-19-21(15)16(3,4)5/h8,12H,6-7,9H2,1-5H3. The van der Waals surface area contributed by atoms with E-state index in [1.807, 2.05) is 33.8 Å². The molecule has 7 heteroatoms. The molecule has 0 radical (unpaired) electrons. The van der Waals surface area contributed by atoms with E-state index < -0.39 is 0 Å². The minimum absolute atomic E-state index is 0.137. The fourth-order valence-corrected chi connectivity index (χ4v) is 3.79. The van der Waals surface area contributed by atoms with Gasteiger partial charge in [0, 0.05) is 23.0 Å². The molecule has 3 rings (SSSR count). The van der Waals surface area contributed by atoms with Gasteiger partial charge in [-0.3, -0.25) is 4.79 Å². The van der Waals surface area contributed by atoms with E-state index in [1.165, 1.54) is 30.3 Å². The molecule has 2 aromatic heterocycles. The molecule has 0 spiro atoms. The lowest BCUT2D eigenvalue weighted by molar-refractivity contribution is 0.102. The van der Waals surface area contributed by atoms with E-state index in [9.17, 15) is 4.79 Å². The van der Waals surface area contributed by atoms with Crippen LogP contribution < -0.4 is 0 Å². The summed E-state index contributed by atoms with van der Waals surface area (Å²) in [6.45, 7) is 10.2. The molecule has 2 heterocycles. The molecule has 0 atom stereocenters. The van der Waals surface area contributed by atoms with E-state index >= 15 is 0 Å². The first-order chi connectivity index (χ1) is 10.8. The zero-order valence-corrected chi connectivity index (χ0v) is 15.1. The van der Waals surface area contributed by atoms with Crippen molar-refractivity contribution in [3.05, 3.63) is 23.0 Å². The largest absolute Gasteiger partial charge is 0.345 e. The van der Waals surface area contributed by atoms with Crippen LogP contribution in [-0.4, -0.2) is 36.3 Å². The van der Waals surface area contributed by atoms with Crippen LogP contribution in [0.1, 0.15) is 61.4 Å². The molecular formula is C16H23N5OS. The topological polar surface area (TPSA) is 65.6 Å². The number of hydrogen-bond donors (Lipinski definition) is 0.